The number of benzene rings is 1. The Balaban J connectivity index is 1.67. The van der Waals surface area contributed by atoms with Gasteiger partial charge >= 0.3 is 0 Å². The molecule has 4 heteroatoms. The van der Waals surface area contributed by atoms with Crippen molar-refractivity contribution >= 4 is 22.5 Å². The third-order valence-electron chi connectivity index (χ3n) is 4.00. The van der Waals surface area contributed by atoms with E-state index in [1.54, 1.807) is 0 Å². The first-order valence-electron chi connectivity index (χ1n) is 6.86. The highest BCUT2D eigenvalue weighted by Gasteiger charge is 2.30. The molecule has 102 valence electrons. The average molecular weight is 279 g/mol. The summed E-state index contributed by atoms with van der Waals surface area (Å²) in [5, 5.41) is 15.4. The zero-order valence-corrected chi connectivity index (χ0v) is 11.6. The minimum atomic E-state index is -0.515. The van der Waals surface area contributed by atoms with Crippen LogP contribution in [0.2, 0.25) is 5.02 Å². The molecule has 0 bridgehead atoms. The molecule has 1 heterocycles. The van der Waals surface area contributed by atoms with Crippen LogP contribution in [0, 0.1) is 0 Å². The second-order valence-corrected chi connectivity index (χ2v) is 5.88. The summed E-state index contributed by atoms with van der Waals surface area (Å²) in [5.74, 6) is 0. The van der Waals surface area contributed by atoms with Crippen LogP contribution in [0.4, 0.5) is 0 Å². The van der Waals surface area contributed by atoms with Gasteiger partial charge in [0.15, 0.2) is 0 Å². The highest BCUT2D eigenvalue weighted by Crippen LogP contribution is 2.29. The normalized spacial score (nSPS) is 18.2. The molecule has 0 atom stereocenters. The maximum absolute atomic E-state index is 10.3. The summed E-state index contributed by atoms with van der Waals surface area (Å²) >= 11 is 6.35. The van der Waals surface area contributed by atoms with Gasteiger partial charge in [0.1, 0.15) is 0 Å². The predicted molar refractivity (Wildman–Crippen MR) is 78.4 cm³/mol. The second kappa shape index (κ2) is 5.16. The van der Waals surface area contributed by atoms with Crippen LogP contribution < -0.4 is 5.32 Å². The number of aliphatic hydroxyl groups is 1. The van der Waals surface area contributed by atoms with Crippen molar-refractivity contribution in [2.24, 2.45) is 0 Å². The van der Waals surface area contributed by atoms with E-state index in [9.17, 15) is 5.11 Å². The first-order valence-corrected chi connectivity index (χ1v) is 7.24. The van der Waals surface area contributed by atoms with Gasteiger partial charge in [-0.25, -0.2) is 0 Å². The highest BCUT2D eigenvalue weighted by molar-refractivity contribution is 6.36. The summed E-state index contributed by atoms with van der Waals surface area (Å²) in [6, 6.07) is 8.02. The van der Waals surface area contributed by atoms with Crippen LogP contribution in [0.3, 0.4) is 0 Å². The summed E-state index contributed by atoms with van der Waals surface area (Å²) in [6.07, 6.45) is 4.07. The molecular formula is C15H19ClN2O. The molecule has 0 saturated heterocycles. The lowest BCUT2D eigenvalue weighted by Crippen LogP contribution is -2.37. The molecule has 3 nitrogen and oxygen atoms in total. The van der Waals surface area contributed by atoms with Gasteiger partial charge in [0.05, 0.1) is 10.6 Å². The molecule has 1 fully saturated rings. The van der Waals surface area contributed by atoms with E-state index >= 15 is 0 Å². The van der Waals surface area contributed by atoms with E-state index in [0.717, 1.165) is 47.3 Å². The van der Waals surface area contributed by atoms with Crippen LogP contribution in [0.1, 0.15) is 31.4 Å². The van der Waals surface area contributed by atoms with Crippen molar-refractivity contribution in [2.75, 3.05) is 6.54 Å². The molecule has 1 aromatic carbocycles. The molecule has 3 rings (SSSR count). The number of H-pyrrole nitrogens is 1. The lowest BCUT2D eigenvalue weighted by Gasteiger charge is -2.22. The van der Waals surface area contributed by atoms with E-state index < -0.39 is 5.60 Å². The lowest BCUT2D eigenvalue weighted by atomic mass is 10.0. The van der Waals surface area contributed by atoms with Crippen molar-refractivity contribution in [3.8, 4) is 0 Å². The van der Waals surface area contributed by atoms with Gasteiger partial charge in [0.25, 0.3) is 0 Å². The number of hydrogen-bond donors (Lipinski definition) is 3. The predicted octanol–water partition coefficient (Wildman–Crippen LogP) is 3.22. The molecule has 2 aromatic rings. The monoisotopic (exact) mass is 278 g/mol. The number of para-hydroxylation sites is 1. The van der Waals surface area contributed by atoms with Gasteiger partial charge in [-0.15, -0.1) is 0 Å². The minimum Gasteiger partial charge on any atom is -0.389 e. The number of aromatic amines is 1. The molecule has 1 aromatic heterocycles. The Morgan fingerprint density at radius 3 is 2.74 bits per heavy atom. The quantitative estimate of drug-likeness (QED) is 0.804. The molecule has 1 saturated carbocycles. The van der Waals surface area contributed by atoms with E-state index in [1.165, 1.54) is 0 Å². The van der Waals surface area contributed by atoms with E-state index in [2.05, 4.69) is 10.3 Å². The molecule has 3 N–H and O–H groups in total. The van der Waals surface area contributed by atoms with E-state index in [-0.39, 0.29) is 0 Å². The van der Waals surface area contributed by atoms with Crippen LogP contribution in [0.5, 0.6) is 0 Å². The van der Waals surface area contributed by atoms with Crippen molar-refractivity contribution in [3.63, 3.8) is 0 Å². The first kappa shape index (κ1) is 13.0. The topological polar surface area (TPSA) is 48.0 Å². The van der Waals surface area contributed by atoms with Crippen molar-refractivity contribution in [3.05, 3.63) is 35.0 Å². The maximum Gasteiger partial charge on any atom is 0.0771 e. The third kappa shape index (κ3) is 2.64. The number of rotatable bonds is 4. The largest absolute Gasteiger partial charge is 0.389 e. The highest BCUT2D eigenvalue weighted by atomic mass is 35.5. The van der Waals surface area contributed by atoms with Gasteiger partial charge in [-0.3, -0.25) is 0 Å². The van der Waals surface area contributed by atoms with Crippen LogP contribution in [0.25, 0.3) is 10.9 Å². The van der Waals surface area contributed by atoms with Crippen molar-refractivity contribution in [1.82, 2.24) is 10.3 Å². The Labute approximate surface area is 118 Å². The van der Waals surface area contributed by atoms with Crippen LogP contribution in [0.15, 0.2) is 24.3 Å². The van der Waals surface area contributed by atoms with Gasteiger partial charge in [0.2, 0.25) is 0 Å². The van der Waals surface area contributed by atoms with Gasteiger partial charge in [0, 0.05) is 29.7 Å². The zero-order valence-electron chi connectivity index (χ0n) is 10.9. The maximum atomic E-state index is 10.3. The summed E-state index contributed by atoms with van der Waals surface area (Å²) in [4.78, 5) is 3.33. The first-order chi connectivity index (χ1) is 9.18. The number of halogens is 1. The van der Waals surface area contributed by atoms with E-state index in [4.69, 9.17) is 11.6 Å². The van der Waals surface area contributed by atoms with E-state index in [1.807, 2.05) is 24.3 Å². The molecule has 1 aliphatic carbocycles. The fraction of sp³-hybridized carbons (Fsp3) is 0.467. The second-order valence-electron chi connectivity index (χ2n) is 5.50. The Hall–Kier alpha value is -1.03. The fourth-order valence-electron chi connectivity index (χ4n) is 2.92. The lowest BCUT2D eigenvalue weighted by molar-refractivity contribution is 0.0474. The van der Waals surface area contributed by atoms with Gasteiger partial charge < -0.3 is 15.4 Å². The average Bonchev–Trinajstić information content (AvgIpc) is 2.96. The van der Waals surface area contributed by atoms with Crippen LogP contribution in [-0.4, -0.2) is 22.2 Å². The Kier molecular flexibility index (Phi) is 3.52. The Morgan fingerprint density at radius 2 is 2.00 bits per heavy atom. The van der Waals surface area contributed by atoms with Crippen LogP contribution >= 0.6 is 11.6 Å². The number of fused-ring (bicyclic) bond motifs is 1. The summed E-state index contributed by atoms with van der Waals surface area (Å²) in [7, 11) is 0. The van der Waals surface area contributed by atoms with Gasteiger partial charge in [-0.05, 0) is 18.9 Å². The SMILES string of the molecule is OC1(CNCc2[nH]c3ccccc3c2Cl)CCCC1. The summed E-state index contributed by atoms with van der Waals surface area (Å²) in [5.41, 5.74) is 1.53. The number of nitrogens with one attached hydrogen (secondary N) is 2. The molecule has 0 unspecified atom stereocenters. The molecule has 1 aliphatic rings. The van der Waals surface area contributed by atoms with E-state index in [0.29, 0.717) is 13.1 Å². The molecule has 19 heavy (non-hydrogen) atoms. The molecule has 0 amide bonds. The molecule has 0 radical (unpaired) electrons. The molecular weight excluding hydrogens is 260 g/mol. The summed E-state index contributed by atoms with van der Waals surface area (Å²) in [6.45, 7) is 1.30. The van der Waals surface area contributed by atoms with Crippen molar-refractivity contribution < 1.29 is 5.11 Å². The molecule has 0 spiro atoms. The third-order valence-corrected chi connectivity index (χ3v) is 4.44. The Bertz CT molecular complexity index is 573. The molecule has 0 aliphatic heterocycles. The fourth-order valence-corrected chi connectivity index (χ4v) is 3.19. The van der Waals surface area contributed by atoms with Crippen LogP contribution in [-0.2, 0) is 6.54 Å². The summed E-state index contributed by atoms with van der Waals surface area (Å²) < 4.78 is 0. The van der Waals surface area contributed by atoms with Crippen molar-refractivity contribution in [1.29, 1.82) is 0 Å². The smallest absolute Gasteiger partial charge is 0.0771 e. The minimum absolute atomic E-state index is 0.515. The van der Waals surface area contributed by atoms with Crippen molar-refractivity contribution in [2.45, 2.75) is 37.8 Å². The van der Waals surface area contributed by atoms with Gasteiger partial charge in [-0.1, -0.05) is 42.6 Å². The van der Waals surface area contributed by atoms with Gasteiger partial charge in [-0.2, -0.15) is 0 Å². The zero-order chi connectivity index (χ0) is 13.3. The Morgan fingerprint density at radius 1 is 1.26 bits per heavy atom. The number of hydrogen-bond acceptors (Lipinski definition) is 2. The number of aromatic nitrogens is 1. The standard InChI is InChI=1S/C15H19ClN2O/c16-14-11-5-1-2-6-12(11)18-13(14)9-17-10-15(19)7-3-4-8-15/h1-2,5-6,17-19H,3-4,7-10H2.